The van der Waals surface area contributed by atoms with E-state index < -0.39 is 0 Å². The molecule has 0 atom stereocenters. The predicted octanol–water partition coefficient (Wildman–Crippen LogP) is 4.39. The van der Waals surface area contributed by atoms with Gasteiger partial charge in [0.15, 0.2) is 0 Å². The molecule has 3 aromatic heterocycles. The van der Waals surface area contributed by atoms with Gasteiger partial charge in [0.1, 0.15) is 23.0 Å². The summed E-state index contributed by atoms with van der Waals surface area (Å²) in [7, 11) is 1.76. The lowest BCUT2D eigenvalue weighted by molar-refractivity contribution is 0.479. The lowest BCUT2D eigenvalue weighted by Gasteiger charge is -2.09. The Labute approximate surface area is 155 Å². The largest absolute Gasteiger partial charge is 0.454 e. The number of nitrogen functional groups attached to an aromatic ring is 1. The molecule has 7 heteroatoms. The molecule has 3 heterocycles. The number of para-hydroxylation sites is 1. The Morgan fingerprint density at radius 2 is 1.85 bits per heavy atom. The van der Waals surface area contributed by atoms with Crippen LogP contribution < -0.4 is 15.8 Å². The normalized spacial score (nSPS) is 10.5. The number of nitrogens with zero attached hydrogens (tertiary/aromatic N) is 4. The maximum Gasteiger partial charge on any atom is 0.214 e. The van der Waals surface area contributed by atoms with Crippen molar-refractivity contribution < 1.29 is 4.74 Å². The van der Waals surface area contributed by atoms with Crippen molar-refractivity contribution in [1.82, 2.24) is 14.5 Å². The van der Waals surface area contributed by atoms with Gasteiger partial charge in [-0.3, -0.25) is 0 Å². The minimum atomic E-state index is 0.397. The van der Waals surface area contributed by atoms with Crippen molar-refractivity contribution in [3.05, 3.63) is 72.5 Å². The summed E-state index contributed by atoms with van der Waals surface area (Å²) in [6.45, 7) is 7.48. The van der Waals surface area contributed by atoms with Crippen molar-refractivity contribution in [3.63, 3.8) is 0 Å². The number of pyridine rings is 2. The fourth-order valence-electron chi connectivity index (χ4n) is 2.85. The Balaban J connectivity index is 1.76. The number of nitrogens with two attached hydrogens (primary N) is 1. The zero-order valence-corrected chi connectivity index (χ0v) is 14.5. The van der Waals surface area contributed by atoms with Crippen molar-refractivity contribution in [3.8, 4) is 17.2 Å². The third kappa shape index (κ3) is 3.00. The van der Waals surface area contributed by atoms with Gasteiger partial charge in [0.25, 0.3) is 0 Å². The van der Waals surface area contributed by atoms with Crippen molar-refractivity contribution >= 4 is 28.2 Å². The first-order chi connectivity index (χ1) is 13.2. The number of ether oxygens (including phenoxy) is 1. The highest BCUT2D eigenvalue weighted by atomic mass is 16.5. The molecule has 0 aliphatic rings. The molecule has 27 heavy (non-hydrogen) atoms. The molecule has 0 radical (unpaired) electrons. The van der Waals surface area contributed by atoms with Gasteiger partial charge < -0.3 is 20.4 Å². The van der Waals surface area contributed by atoms with E-state index in [2.05, 4.69) is 20.1 Å². The minimum absolute atomic E-state index is 0.397. The summed E-state index contributed by atoms with van der Waals surface area (Å²) in [4.78, 5) is 12.2. The molecule has 4 aromatic rings. The van der Waals surface area contributed by atoms with Crippen LogP contribution >= 0.6 is 0 Å². The first-order valence-corrected chi connectivity index (χ1v) is 8.24. The number of hydrogen-bond acceptors (Lipinski definition) is 5. The Bertz CT molecular complexity index is 1160. The molecule has 0 saturated heterocycles. The maximum absolute atomic E-state index is 7.48. The van der Waals surface area contributed by atoms with Crippen LogP contribution in [0.4, 0.5) is 17.2 Å². The zero-order valence-electron chi connectivity index (χ0n) is 14.5. The fraction of sp³-hybridized carbons (Fsp3) is 0.0500. The highest BCUT2D eigenvalue weighted by molar-refractivity contribution is 5.93. The number of benzene rings is 1. The van der Waals surface area contributed by atoms with Crippen LogP contribution in [0, 0.1) is 6.57 Å². The van der Waals surface area contributed by atoms with Crippen molar-refractivity contribution in [1.29, 1.82) is 0 Å². The van der Waals surface area contributed by atoms with Crippen LogP contribution in [0.15, 0.2) is 61.1 Å². The SMILES string of the molecule is [C-]#[N+]c1cn(-c2ccccc2)c2ncc(Oc3cnc(N)c(NC)c3)cc12. The summed E-state index contributed by atoms with van der Waals surface area (Å²) >= 11 is 0. The number of nitrogens with one attached hydrogen (secondary N) is 1. The van der Waals surface area contributed by atoms with E-state index in [1.54, 1.807) is 31.7 Å². The second-order valence-corrected chi connectivity index (χ2v) is 5.83. The van der Waals surface area contributed by atoms with Gasteiger partial charge in [0.05, 0.1) is 24.7 Å². The topological polar surface area (TPSA) is 82.3 Å². The molecule has 0 spiro atoms. The second kappa shape index (κ2) is 6.69. The molecule has 132 valence electrons. The van der Waals surface area contributed by atoms with Crippen LogP contribution in [0.25, 0.3) is 21.6 Å². The van der Waals surface area contributed by atoms with Gasteiger partial charge in [-0.2, -0.15) is 0 Å². The van der Waals surface area contributed by atoms with Crippen molar-refractivity contribution in [2.45, 2.75) is 0 Å². The third-order valence-corrected chi connectivity index (χ3v) is 4.15. The number of anilines is 2. The van der Waals surface area contributed by atoms with Crippen LogP contribution in [0.1, 0.15) is 0 Å². The summed E-state index contributed by atoms with van der Waals surface area (Å²) in [6, 6.07) is 13.4. The molecule has 0 bridgehead atoms. The van der Waals surface area contributed by atoms with Gasteiger partial charge in [-0.15, -0.1) is 0 Å². The summed E-state index contributed by atoms with van der Waals surface area (Å²) in [6.07, 6.45) is 4.96. The fourth-order valence-corrected chi connectivity index (χ4v) is 2.85. The Kier molecular flexibility index (Phi) is 4.07. The third-order valence-electron chi connectivity index (χ3n) is 4.15. The number of hydrogen-bond donors (Lipinski definition) is 2. The molecule has 0 aliphatic carbocycles. The zero-order chi connectivity index (χ0) is 18.8. The number of fused-ring (bicyclic) bond motifs is 1. The standard InChI is InChI=1S/C20H16N6O/c1-22-17-9-15(10-24-19(17)21)27-14-8-16-18(23-2)12-26(20(16)25-11-14)13-6-4-3-5-7-13/h3-12,22H,1H3,(H2,21,24). The molecule has 3 N–H and O–H groups in total. The Morgan fingerprint density at radius 1 is 1.11 bits per heavy atom. The quantitative estimate of drug-likeness (QED) is 0.530. The molecule has 0 amide bonds. The molecular weight excluding hydrogens is 340 g/mol. The first kappa shape index (κ1) is 16.4. The monoisotopic (exact) mass is 356 g/mol. The predicted molar refractivity (Wildman–Crippen MR) is 106 cm³/mol. The van der Waals surface area contributed by atoms with Gasteiger partial charge in [-0.05, 0) is 18.2 Å². The van der Waals surface area contributed by atoms with Crippen LogP contribution in [0.3, 0.4) is 0 Å². The lowest BCUT2D eigenvalue weighted by Crippen LogP contribution is -1.99. The van der Waals surface area contributed by atoms with E-state index in [0.29, 0.717) is 34.3 Å². The highest BCUT2D eigenvalue weighted by Crippen LogP contribution is 2.34. The van der Waals surface area contributed by atoms with E-state index in [-0.39, 0.29) is 0 Å². The van der Waals surface area contributed by atoms with E-state index in [4.69, 9.17) is 17.0 Å². The Hall–Kier alpha value is -4.05. The molecule has 4 rings (SSSR count). The summed E-state index contributed by atoms with van der Waals surface area (Å²) in [5.74, 6) is 1.45. The van der Waals surface area contributed by atoms with E-state index in [1.807, 2.05) is 41.0 Å². The summed E-state index contributed by atoms with van der Waals surface area (Å²) in [5.41, 5.74) is 8.62. The van der Waals surface area contributed by atoms with Gasteiger partial charge >= 0.3 is 0 Å². The minimum Gasteiger partial charge on any atom is -0.454 e. The number of aromatic nitrogens is 3. The number of rotatable bonds is 4. The lowest BCUT2D eigenvalue weighted by atomic mass is 10.3. The second-order valence-electron chi connectivity index (χ2n) is 5.83. The Morgan fingerprint density at radius 3 is 2.59 bits per heavy atom. The van der Waals surface area contributed by atoms with E-state index >= 15 is 0 Å². The van der Waals surface area contributed by atoms with Gasteiger partial charge in [0.2, 0.25) is 5.69 Å². The molecule has 1 aromatic carbocycles. The van der Waals surface area contributed by atoms with Gasteiger partial charge in [0, 0.05) is 30.4 Å². The van der Waals surface area contributed by atoms with Crippen molar-refractivity contribution in [2.24, 2.45) is 0 Å². The molecule has 0 unspecified atom stereocenters. The molecule has 0 fully saturated rings. The van der Waals surface area contributed by atoms with Gasteiger partial charge in [-0.25, -0.2) is 14.8 Å². The van der Waals surface area contributed by atoms with E-state index in [1.165, 1.54) is 0 Å². The van der Waals surface area contributed by atoms with E-state index in [9.17, 15) is 0 Å². The van der Waals surface area contributed by atoms with Crippen molar-refractivity contribution in [2.75, 3.05) is 18.1 Å². The van der Waals surface area contributed by atoms with Crippen LogP contribution in [0.5, 0.6) is 11.5 Å². The smallest absolute Gasteiger partial charge is 0.214 e. The van der Waals surface area contributed by atoms with Crippen LogP contribution in [0.2, 0.25) is 0 Å². The first-order valence-electron chi connectivity index (χ1n) is 8.24. The molecule has 0 aliphatic heterocycles. The van der Waals surface area contributed by atoms with E-state index in [0.717, 1.165) is 11.1 Å². The van der Waals surface area contributed by atoms with Crippen LogP contribution in [-0.4, -0.2) is 21.6 Å². The maximum atomic E-state index is 7.48. The van der Waals surface area contributed by atoms with Crippen LogP contribution in [-0.2, 0) is 0 Å². The molecule has 7 nitrogen and oxygen atoms in total. The molecule has 0 saturated carbocycles. The molecular formula is C20H16N6O. The highest BCUT2D eigenvalue weighted by Gasteiger charge is 2.13. The average molecular weight is 356 g/mol. The average Bonchev–Trinajstić information content (AvgIpc) is 3.08. The summed E-state index contributed by atoms with van der Waals surface area (Å²) < 4.78 is 7.76. The summed E-state index contributed by atoms with van der Waals surface area (Å²) in [5, 5.41) is 3.69. The van der Waals surface area contributed by atoms with Gasteiger partial charge in [-0.1, -0.05) is 18.2 Å².